The number of halogens is 1. The topological polar surface area (TPSA) is 62.7 Å². The van der Waals surface area contributed by atoms with Gasteiger partial charge in [0, 0.05) is 6.54 Å². The van der Waals surface area contributed by atoms with Crippen LogP contribution in [0.3, 0.4) is 0 Å². The molecular formula is C13H15FN4OS. The molecule has 106 valence electrons. The van der Waals surface area contributed by atoms with E-state index < -0.39 is 11.7 Å². The van der Waals surface area contributed by atoms with Crippen molar-refractivity contribution < 1.29 is 9.18 Å². The maximum Gasteiger partial charge on any atom is 0.254 e. The first-order chi connectivity index (χ1) is 9.54. The molecule has 1 amide bonds. The zero-order valence-electron chi connectivity index (χ0n) is 11.2. The summed E-state index contributed by atoms with van der Waals surface area (Å²) < 4.78 is 15.8. The molecule has 7 heteroatoms. The Bertz CT molecular complexity index is 679. The van der Waals surface area contributed by atoms with Gasteiger partial charge in [-0.1, -0.05) is 12.1 Å². The summed E-state index contributed by atoms with van der Waals surface area (Å²) in [5.41, 5.74) is 0.0107. The van der Waals surface area contributed by atoms with Crippen LogP contribution in [0.15, 0.2) is 24.3 Å². The summed E-state index contributed by atoms with van der Waals surface area (Å²) in [6.07, 6.45) is 0. The Morgan fingerprint density at radius 2 is 2.25 bits per heavy atom. The van der Waals surface area contributed by atoms with E-state index in [1.165, 1.54) is 18.2 Å². The number of amides is 1. The van der Waals surface area contributed by atoms with Crippen LogP contribution in [0.25, 0.3) is 0 Å². The van der Waals surface area contributed by atoms with Crippen LogP contribution in [0, 0.1) is 10.6 Å². The molecule has 1 aromatic carbocycles. The molecule has 0 saturated heterocycles. The fourth-order valence-corrected chi connectivity index (χ4v) is 2.22. The summed E-state index contributed by atoms with van der Waals surface area (Å²) in [5, 5.41) is 9.49. The van der Waals surface area contributed by atoms with Gasteiger partial charge in [-0.2, -0.15) is 5.10 Å². The maximum atomic E-state index is 13.5. The van der Waals surface area contributed by atoms with E-state index in [2.05, 4.69) is 15.5 Å². The number of carbonyl (C=O) groups is 1. The average molecular weight is 294 g/mol. The number of carbonyl (C=O) groups excluding carboxylic acids is 1. The van der Waals surface area contributed by atoms with Gasteiger partial charge in [0.05, 0.1) is 11.6 Å². The average Bonchev–Trinajstić information content (AvgIpc) is 2.80. The number of nitrogens with zero attached hydrogens (tertiary/aromatic N) is 2. The van der Waals surface area contributed by atoms with Crippen molar-refractivity contribution in [3.05, 3.63) is 46.2 Å². The fraction of sp³-hybridized carbons (Fsp3) is 0.308. The largest absolute Gasteiger partial charge is 0.342 e. The van der Waals surface area contributed by atoms with Crippen molar-refractivity contribution in [3.63, 3.8) is 0 Å². The molecule has 1 aromatic heterocycles. The van der Waals surface area contributed by atoms with Crippen LogP contribution in [0.5, 0.6) is 0 Å². The van der Waals surface area contributed by atoms with Gasteiger partial charge >= 0.3 is 0 Å². The first-order valence-corrected chi connectivity index (χ1v) is 6.66. The van der Waals surface area contributed by atoms with E-state index in [0.717, 1.165) is 0 Å². The number of aromatic amines is 1. The number of hydrogen-bond acceptors (Lipinski definition) is 3. The van der Waals surface area contributed by atoms with E-state index in [4.69, 9.17) is 12.2 Å². The van der Waals surface area contributed by atoms with Crippen LogP contribution >= 0.6 is 12.2 Å². The minimum absolute atomic E-state index is 0.0107. The Kier molecular flexibility index (Phi) is 4.29. The molecule has 0 saturated carbocycles. The highest BCUT2D eigenvalue weighted by molar-refractivity contribution is 7.71. The predicted octanol–water partition coefficient (Wildman–Crippen LogP) is 2.59. The van der Waals surface area contributed by atoms with Crippen LogP contribution in [-0.4, -0.2) is 20.7 Å². The lowest BCUT2D eigenvalue weighted by atomic mass is 10.2. The molecule has 0 radical (unpaired) electrons. The molecule has 20 heavy (non-hydrogen) atoms. The van der Waals surface area contributed by atoms with Crippen LogP contribution in [0.1, 0.15) is 36.1 Å². The Balaban J connectivity index is 2.20. The zero-order valence-corrected chi connectivity index (χ0v) is 12.0. The van der Waals surface area contributed by atoms with Gasteiger partial charge in [0.1, 0.15) is 5.82 Å². The lowest BCUT2D eigenvalue weighted by Gasteiger charge is -2.14. The van der Waals surface area contributed by atoms with E-state index in [1.807, 2.05) is 6.92 Å². The Hall–Kier alpha value is -2.02. The molecular weight excluding hydrogens is 279 g/mol. The van der Waals surface area contributed by atoms with Crippen molar-refractivity contribution in [2.24, 2.45) is 0 Å². The van der Waals surface area contributed by atoms with Gasteiger partial charge < -0.3 is 9.88 Å². The van der Waals surface area contributed by atoms with Gasteiger partial charge in [-0.15, -0.1) is 0 Å². The van der Waals surface area contributed by atoms with Gasteiger partial charge in [0.25, 0.3) is 5.91 Å². The monoisotopic (exact) mass is 294 g/mol. The quantitative estimate of drug-likeness (QED) is 0.852. The van der Waals surface area contributed by atoms with Gasteiger partial charge in [-0.05, 0) is 38.2 Å². The van der Waals surface area contributed by atoms with E-state index in [9.17, 15) is 9.18 Å². The standard InChI is InChI=1S/C13H15FN4OS/c1-3-18-11(16-17-13(18)20)8(2)15-12(19)9-6-4-5-7-10(9)14/h4-8H,3H2,1-2H3,(H,15,19)(H,17,20)/t8-/m1/s1. The molecule has 0 bridgehead atoms. The highest BCUT2D eigenvalue weighted by atomic mass is 32.1. The second-order valence-corrected chi connectivity index (χ2v) is 4.69. The third kappa shape index (κ3) is 2.77. The summed E-state index contributed by atoms with van der Waals surface area (Å²) in [4.78, 5) is 12.0. The second-order valence-electron chi connectivity index (χ2n) is 4.31. The summed E-state index contributed by atoms with van der Waals surface area (Å²) >= 11 is 5.09. The zero-order chi connectivity index (χ0) is 14.7. The van der Waals surface area contributed by atoms with Crippen molar-refractivity contribution in [2.45, 2.75) is 26.4 Å². The van der Waals surface area contributed by atoms with E-state index in [0.29, 0.717) is 17.1 Å². The van der Waals surface area contributed by atoms with Gasteiger partial charge in [0.15, 0.2) is 10.6 Å². The van der Waals surface area contributed by atoms with Crippen LogP contribution in [-0.2, 0) is 6.54 Å². The maximum absolute atomic E-state index is 13.5. The number of benzene rings is 1. The molecule has 5 nitrogen and oxygen atoms in total. The number of nitrogens with one attached hydrogen (secondary N) is 2. The third-order valence-electron chi connectivity index (χ3n) is 2.96. The highest BCUT2D eigenvalue weighted by Crippen LogP contribution is 2.12. The SMILES string of the molecule is CCn1c([C@@H](C)NC(=O)c2ccccc2F)n[nH]c1=S. The van der Waals surface area contributed by atoms with Crippen molar-refractivity contribution in [2.75, 3.05) is 0 Å². The van der Waals surface area contributed by atoms with E-state index in [-0.39, 0.29) is 11.6 Å². The fourth-order valence-electron chi connectivity index (χ4n) is 1.95. The van der Waals surface area contributed by atoms with Gasteiger partial charge in [0.2, 0.25) is 0 Å². The summed E-state index contributed by atoms with van der Waals surface area (Å²) in [7, 11) is 0. The molecule has 0 aliphatic carbocycles. The third-order valence-corrected chi connectivity index (χ3v) is 3.27. The summed E-state index contributed by atoms with van der Waals surface area (Å²) in [6, 6.07) is 5.47. The van der Waals surface area contributed by atoms with Crippen molar-refractivity contribution in [1.82, 2.24) is 20.1 Å². The Labute approximate surface area is 120 Å². The van der Waals surface area contributed by atoms with Crippen LogP contribution in [0.4, 0.5) is 4.39 Å². The molecule has 2 N–H and O–H groups in total. The molecule has 2 rings (SSSR count). The minimum atomic E-state index is -0.549. The molecule has 0 fully saturated rings. The number of H-pyrrole nitrogens is 1. The lowest BCUT2D eigenvalue weighted by Crippen LogP contribution is -2.29. The van der Waals surface area contributed by atoms with E-state index >= 15 is 0 Å². The normalized spacial score (nSPS) is 12.2. The van der Waals surface area contributed by atoms with Crippen molar-refractivity contribution >= 4 is 18.1 Å². The molecule has 2 aromatic rings. The number of hydrogen-bond donors (Lipinski definition) is 2. The highest BCUT2D eigenvalue weighted by Gasteiger charge is 2.18. The first-order valence-electron chi connectivity index (χ1n) is 6.25. The summed E-state index contributed by atoms with van der Waals surface area (Å²) in [5.74, 6) is -0.416. The molecule has 1 atom stereocenters. The van der Waals surface area contributed by atoms with E-state index in [1.54, 1.807) is 17.6 Å². The van der Waals surface area contributed by atoms with Crippen LogP contribution < -0.4 is 5.32 Å². The molecule has 1 heterocycles. The molecule has 0 aliphatic rings. The summed E-state index contributed by atoms with van der Waals surface area (Å²) in [6.45, 7) is 4.35. The van der Waals surface area contributed by atoms with Gasteiger partial charge in [-0.25, -0.2) is 4.39 Å². The lowest BCUT2D eigenvalue weighted by molar-refractivity contribution is 0.0933. The second kappa shape index (κ2) is 5.96. The predicted molar refractivity (Wildman–Crippen MR) is 75.4 cm³/mol. The molecule has 0 spiro atoms. The smallest absolute Gasteiger partial charge is 0.254 e. The number of rotatable bonds is 4. The molecule has 0 aliphatic heterocycles. The van der Waals surface area contributed by atoms with Crippen LogP contribution in [0.2, 0.25) is 0 Å². The minimum Gasteiger partial charge on any atom is -0.342 e. The number of aromatic nitrogens is 3. The Morgan fingerprint density at radius 3 is 2.90 bits per heavy atom. The van der Waals surface area contributed by atoms with Crippen molar-refractivity contribution in [1.29, 1.82) is 0 Å². The molecule has 0 unspecified atom stereocenters. The van der Waals surface area contributed by atoms with Crippen molar-refractivity contribution in [3.8, 4) is 0 Å². The first kappa shape index (κ1) is 14.4. The Morgan fingerprint density at radius 1 is 1.55 bits per heavy atom. The van der Waals surface area contributed by atoms with Gasteiger partial charge in [-0.3, -0.25) is 9.89 Å².